The third kappa shape index (κ3) is 2.45. The maximum absolute atomic E-state index is 12.1. The predicted molar refractivity (Wildman–Crippen MR) is 72.8 cm³/mol. The summed E-state index contributed by atoms with van der Waals surface area (Å²) >= 11 is 0. The van der Waals surface area contributed by atoms with E-state index in [0.29, 0.717) is 23.3 Å². The van der Waals surface area contributed by atoms with Gasteiger partial charge in [-0.05, 0) is 18.9 Å². The third-order valence-corrected chi connectivity index (χ3v) is 3.39. The van der Waals surface area contributed by atoms with Crippen molar-refractivity contribution in [3.05, 3.63) is 47.3 Å². The number of imide groups is 1. The Balaban J connectivity index is 1.70. The first-order valence-electron chi connectivity index (χ1n) is 6.60. The first-order valence-corrected chi connectivity index (χ1v) is 6.60. The fourth-order valence-electron chi connectivity index (χ4n) is 2.32. The molecule has 1 aromatic rings. The number of rotatable bonds is 4. The molecule has 3 rings (SSSR count). The van der Waals surface area contributed by atoms with Gasteiger partial charge in [-0.1, -0.05) is 12.2 Å². The van der Waals surface area contributed by atoms with E-state index >= 15 is 0 Å². The molecule has 2 heterocycles. The molecule has 2 aliphatic rings. The second-order valence-corrected chi connectivity index (χ2v) is 4.74. The zero-order valence-corrected chi connectivity index (χ0v) is 11.5. The van der Waals surface area contributed by atoms with Gasteiger partial charge in [-0.25, -0.2) is 0 Å². The molecule has 0 fully saturated rings. The van der Waals surface area contributed by atoms with Crippen molar-refractivity contribution in [1.82, 2.24) is 10.0 Å². The highest BCUT2D eigenvalue weighted by atomic mass is 16.7. The van der Waals surface area contributed by atoms with Crippen molar-refractivity contribution in [2.75, 3.05) is 7.11 Å². The number of methoxy groups -OCH3 is 1. The van der Waals surface area contributed by atoms with Crippen LogP contribution in [0, 0.1) is 0 Å². The second-order valence-electron chi connectivity index (χ2n) is 4.74. The van der Waals surface area contributed by atoms with E-state index in [-0.39, 0.29) is 12.5 Å². The molecule has 6 nitrogen and oxygen atoms in total. The van der Waals surface area contributed by atoms with Crippen molar-refractivity contribution in [3.63, 3.8) is 0 Å². The molecule has 0 unspecified atom stereocenters. The van der Waals surface area contributed by atoms with Crippen LogP contribution >= 0.6 is 0 Å². The first kappa shape index (κ1) is 13.5. The van der Waals surface area contributed by atoms with Crippen LogP contribution in [0.1, 0.15) is 18.4 Å². The van der Waals surface area contributed by atoms with Gasteiger partial charge in [-0.15, -0.1) is 5.06 Å². The predicted octanol–water partition coefficient (Wildman–Crippen LogP) is 1.54. The number of hydroxylamine groups is 2. The summed E-state index contributed by atoms with van der Waals surface area (Å²) in [5.41, 5.74) is 1.69. The smallest absolute Gasteiger partial charge is 0.285 e. The SMILES string of the molecule is COc1cncc(CON2C(=O)C3=C(CCC=C3)C2=O)c1. The molecule has 0 saturated heterocycles. The van der Waals surface area contributed by atoms with E-state index in [1.54, 1.807) is 31.6 Å². The Hall–Kier alpha value is -2.47. The van der Waals surface area contributed by atoms with E-state index in [9.17, 15) is 9.59 Å². The average molecular weight is 286 g/mol. The topological polar surface area (TPSA) is 68.7 Å². The molecule has 0 bridgehead atoms. The highest BCUT2D eigenvalue weighted by Crippen LogP contribution is 2.29. The van der Waals surface area contributed by atoms with Crippen LogP contribution in [0.2, 0.25) is 0 Å². The molecule has 0 saturated carbocycles. The fraction of sp³-hybridized carbons (Fsp3) is 0.267. The van der Waals surface area contributed by atoms with Crippen molar-refractivity contribution in [2.24, 2.45) is 0 Å². The number of pyridine rings is 1. The summed E-state index contributed by atoms with van der Waals surface area (Å²) in [5.74, 6) is -0.174. The monoisotopic (exact) mass is 286 g/mol. The maximum atomic E-state index is 12.1. The van der Waals surface area contributed by atoms with Gasteiger partial charge in [0.25, 0.3) is 11.8 Å². The summed E-state index contributed by atoms with van der Waals surface area (Å²) in [6, 6.07) is 1.74. The minimum atomic E-state index is -0.401. The fourth-order valence-corrected chi connectivity index (χ4v) is 2.32. The number of aromatic nitrogens is 1. The molecular weight excluding hydrogens is 272 g/mol. The van der Waals surface area contributed by atoms with Gasteiger partial charge in [0, 0.05) is 17.3 Å². The molecule has 6 heteroatoms. The second kappa shape index (κ2) is 5.49. The van der Waals surface area contributed by atoms with Gasteiger partial charge in [0.15, 0.2) is 0 Å². The molecule has 2 amide bonds. The van der Waals surface area contributed by atoms with Crippen LogP contribution < -0.4 is 4.74 Å². The largest absolute Gasteiger partial charge is 0.495 e. The van der Waals surface area contributed by atoms with Gasteiger partial charge in [0.05, 0.1) is 18.9 Å². The number of nitrogens with zero attached hydrogens (tertiary/aromatic N) is 2. The van der Waals surface area contributed by atoms with E-state index in [1.165, 1.54) is 0 Å². The van der Waals surface area contributed by atoms with Crippen molar-refractivity contribution in [1.29, 1.82) is 0 Å². The number of carbonyl (C=O) groups is 2. The molecule has 0 aromatic carbocycles. The van der Waals surface area contributed by atoms with E-state index in [1.807, 2.05) is 6.08 Å². The Bertz CT molecular complexity index is 663. The van der Waals surface area contributed by atoms with Crippen LogP contribution in [-0.2, 0) is 21.0 Å². The van der Waals surface area contributed by atoms with Gasteiger partial charge >= 0.3 is 0 Å². The Morgan fingerprint density at radius 3 is 2.90 bits per heavy atom. The van der Waals surface area contributed by atoms with E-state index < -0.39 is 5.91 Å². The summed E-state index contributed by atoms with van der Waals surface area (Å²) in [6.07, 6.45) is 8.10. The average Bonchev–Trinajstić information content (AvgIpc) is 2.78. The van der Waals surface area contributed by atoms with Gasteiger partial charge in [0.2, 0.25) is 0 Å². The molecule has 0 N–H and O–H groups in total. The normalized spacial score (nSPS) is 17.5. The molecular formula is C15H14N2O4. The number of amides is 2. The van der Waals surface area contributed by atoms with Crippen LogP contribution in [0.5, 0.6) is 5.75 Å². The summed E-state index contributed by atoms with van der Waals surface area (Å²) in [4.78, 5) is 33.6. The minimum absolute atomic E-state index is 0.0754. The van der Waals surface area contributed by atoms with Crippen LogP contribution in [-0.4, -0.2) is 29.0 Å². The van der Waals surface area contributed by atoms with Crippen molar-refractivity contribution >= 4 is 11.8 Å². The molecule has 0 radical (unpaired) electrons. The summed E-state index contributed by atoms with van der Waals surface area (Å²) < 4.78 is 5.06. The van der Waals surface area contributed by atoms with Crippen LogP contribution in [0.25, 0.3) is 0 Å². The first-order chi connectivity index (χ1) is 10.2. The molecule has 108 valence electrons. The maximum Gasteiger partial charge on any atom is 0.285 e. The zero-order valence-electron chi connectivity index (χ0n) is 11.5. The molecule has 1 aliphatic heterocycles. The van der Waals surface area contributed by atoms with Gasteiger partial charge in [-0.3, -0.25) is 19.4 Å². The zero-order chi connectivity index (χ0) is 14.8. The number of allylic oxidation sites excluding steroid dienone is 1. The van der Waals surface area contributed by atoms with Crippen LogP contribution in [0.15, 0.2) is 41.8 Å². The van der Waals surface area contributed by atoms with Gasteiger partial charge in [0.1, 0.15) is 12.4 Å². The van der Waals surface area contributed by atoms with Gasteiger partial charge < -0.3 is 4.74 Å². The van der Waals surface area contributed by atoms with Gasteiger partial charge in [-0.2, -0.15) is 0 Å². The number of hydrogen-bond donors (Lipinski definition) is 0. The lowest BCUT2D eigenvalue weighted by atomic mass is 10.00. The number of hydrogen-bond acceptors (Lipinski definition) is 5. The number of ether oxygens (including phenoxy) is 1. The lowest BCUT2D eigenvalue weighted by Crippen LogP contribution is -2.31. The van der Waals surface area contributed by atoms with E-state index in [0.717, 1.165) is 17.0 Å². The van der Waals surface area contributed by atoms with Crippen LogP contribution in [0.4, 0.5) is 0 Å². The number of carbonyl (C=O) groups excluding carboxylic acids is 2. The Kier molecular flexibility index (Phi) is 3.53. The van der Waals surface area contributed by atoms with Crippen molar-refractivity contribution in [3.8, 4) is 5.75 Å². The van der Waals surface area contributed by atoms with Crippen molar-refractivity contribution < 1.29 is 19.2 Å². The Labute approximate surface area is 121 Å². The lowest BCUT2D eigenvalue weighted by Gasteiger charge is -2.14. The van der Waals surface area contributed by atoms with E-state index in [4.69, 9.17) is 9.57 Å². The Morgan fingerprint density at radius 2 is 2.14 bits per heavy atom. The Morgan fingerprint density at radius 1 is 1.29 bits per heavy atom. The lowest BCUT2D eigenvalue weighted by molar-refractivity contribution is -0.190. The molecule has 0 spiro atoms. The molecule has 21 heavy (non-hydrogen) atoms. The summed E-state index contributed by atoms with van der Waals surface area (Å²) in [6.45, 7) is 0.0754. The molecule has 1 aromatic heterocycles. The standard InChI is InChI=1S/C15H14N2O4/c1-20-11-6-10(7-16-8-11)9-21-17-14(18)12-4-2-3-5-13(12)15(17)19/h2,4,6-8H,3,5,9H2,1H3. The molecule has 1 aliphatic carbocycles. The van der Waals surface area contributed by atoms with Crippen LogP contribution in [0.3, 0.4) is 0 Å². The molecule has 0 atom stereocenters. The highest BCUT2D eigenvalue weighted by molar-refractivity contribution is 6.20. The van der Waals surface area contributed by atoms with Crippen molar-refractivity contribution in [2.45, 2.75) is 19.4 Å². The van der Waals surface area contributed by atoms with E-state index in [2.05, 4.69) is 4.98 Å². The third-order valence-electron chi connectivity index (χ3n) is 3.39. The quantitative estimate of drug-likeness (QED) is 0.785. The summed E-state index contributed by atoms with van der Waals surface area (Å²) in [5, 5.41) is 0.833. The summed E-state index contributed by atoms with van der Waals surface area (Å²) in [7, 11) is 1.54. The minimum Gasteiger partial charge on any atom is -0.495 e. The highest BCUT2D eigenvalue weighted by Gasteiger charge is 2.38.